The first kappa shape index (κ1) is 22.0. The number of aliphatic carboxylic acids is 1. The fourth-order valence-electron chi connectivity index (χ4n) is 1.65. The summed E-state index contributed by atoms with van der Waals surface area (Å²) in [6, 6.07) is 7.30. The van der Waals surface area contributed by atoms with Gasteiger partial charge in [0.25, 0.3) is 0 Å². The molecule has 1 aromatic carbocycles. The van der Waals surface area contributed by atoms with Crippen molar-refractivity contribution in [1.82, 2.24) is 10.6 Å². The van der Waals surface area contributed by atoms with E-state index < -0.39 is 17.7 Å². The second-order valence-corrected chi connectivity index (χ2v) is 5.92. The second kappa shape index (κ2) is 10.7. The maximum Gasteiger partial charge on any atom is 0.407 e. The first-order valence-corrected chi connectivity index (χ1v) is 7.37. The molecule has 0 saturated heterocycles. The van der Waals surface area contributed by atoms with Crippen LogP contribution in [0.1, 0.15) is 26.3 Å². The second-order valence-electron chi connectivity index (χ2n) is 5.92. The lowest BCUT2D eigenvalue weighted by Crippen LogP contribution is -2.34. The number of carbonyl (C=O) groups is 2. The Morgan fingerprint density at radius 3 is 2.33 bits per heavy atom. The van der Waals surface area contributed by atoms with E-state index in [4.69, 9.17) is 14.6 Å². The van der Waals surface area contributed by atoms with Crippen molar-refractivity contribution >= 4 is 24.5 Å². The number of halogens is 1. The fourth-order valence-corrected chi connectivity index (χ4v) is 1.65. The van der Waals surface area contributed by atoms with Gasteiger partial charge in [-0.25, -0.2) is 4.79 Å². The Bertz CT molecular complexity index is 514. The number of amides is 1. The Morgan fingerprint density at radius 1 is 1.17 bits per heavy atom. The third kappa shape index (κ3) is 10.7. The van der Waals surface area contributed by atoms with Gasteiger partial charge in [-0.2, -0.15) is 0 Å². The molecule has 0 atom stereocenters. The molecular weight excluding hydrogens is 336 g/mol. The summed E-state index contributed by atoms with van der Waals surface area (Å²) in [6.45, 7) is 6.48. The summed E-state index contributed by atoms with van der Waals surface area (Å²) >= 11 is 0. The summed E-state index contributed by atoms with van der Waals surface area (Å²) < 4.78 is 10.6. The van der Waals surface area contributed by atoms with Gasteiger partial charge in [-0.3, -0.25) is 4.79 Å². The van der Waals surface area contributed by atoms with Gasteiger partial charge in [0, 0.05) is 6.54 Å². The average molecular weight is 361 g/mol. The minimum Gasteiger partial charge on any atom is -0.492 e. The molecule has 8 heteroatoms. The highest BCUT2D eigenvalue weighted by molar-refractivity contribution is 5.85. The van der Waals surface area contributed by atoms with Gasteiger partial charge in [-0.15, -0.1) is 12.4 Å². The number of alkyl carbamates (subject to hydrolysis) is 1. The van der Waals surface area contributed by atoms with Crippen LogP contribution in [0.3, 0.4) is 0 Å². The number of hydrogen-bond donors (Lipinski definition) is 3. The van der Waals surface area contributed by atoms with Crippen LogP contribution < -0.4 is 15.4 Å². The van der Waals surface area contributed by atoms with E-state index in [0.29, 0.717) is 25.4 Å². The van der Waals surface area contributed by atoms with Gasteiger partial charge in [0.1, 0.15) is 18.0 Å². The minimum atomic E-state index is -0.887. The molecule has 7 nitrogen and oxygen atoms in total. The zero-order valence-electron chi connectivity index (χ0n) is 14.1. The van der Waals surface area contributed by atoms with Crippen molar-refractivity contribution in [3.63, 3.8) is 0 Å². The van der Waals surface area contributed by atoms with Crippen molar-refractivity contribution in [1.29, 1.82) is 0 Å². The molecular formula is C16H25ClN2O5. The van der Waals surface area contributed by atoms with Crippen LogP contribution in [-0.2, 0) is 16.1 Å². The van der Waals surface area contributed by atoms with Crippen LogP contribution in [0.4, 0.5) is 4.79 Å². The van der Waals surface area contributed by atoms with Crippen LogP contribution in [0.25, 0.3) is 0 Å². The van der Waals surface area contributed by atoms with Crippen molar-refractivity contribution in [2.75, 3.05) is 19.7 Å². The highest BCUT2D eigenvalue weighted by Crippen LogP contribution is 2.12. The molecule has 24 heavy (non-hydrogen) atoms. The smallest absolute Gasteiger partial charge is 0.407 e. The molecule has 136 valence electrons. The Hall–Kier alpha value is -1.99. The minimum absolute atomic E-state index is 0. The Labute approximate surface area is 148 Å². The van der Waals surface area contributed by atoms with Crippen LogP contribution >= 0.6 is 12.4 Å². The molecule has 0 aliphatic heterocycles. The third-order valence-electron chi connectivity index (χ3n) is 2.57. The Balaban J connectivity index is 0.00000529. The summed E-state index contributed by atoms with van der Waals surface area (Å²) in [6.07, 6.45) is -0.471. The van der Waals surface area contributed by atoms with Gasteiger partial charge in [0.15, 0.2) is 0 Å². The summed E-state index contributed by atoms with van der Waals surface area (Å²) in [5.41, 5.74) is 0.445. The van der Waals surface area contributed by atoms with Gasteiger partial charge in [0.05, 0.1) is 13.1 Å². The monoisotopic (exact) mass is 360 g/mol. The van der Waals surface area contributed by atoms with E-state index in [1.54, 1.807) is 32.9 Å². The molecule has 1 rings (SSSR count). The highest BCUT2D eigenvalue weighted by Gasteiger charge is 2.15. The summed E-state index contributed by atoms with van der Waals surface area (Å²) in [5.74, 6) is -0.208. The molecule has 0 radical (unpaired) electrons. The maximum absolute atomic E-state index is 11.4. The molecule has 0 fully saturated rings. The molecule has 0 heterocycles. The number of hydrogen-bond acceptors (Lipinski definition) is 5. The fraction of sp³-hybridized carbons (Fsp3) is 0.500. The zero-order chi connectivity index (χ0) is 17.3. The number of nitrogens with one attached hydrogen (secondary N) is 2. The zero-order valence-corrected chi connectivity index (χ0v) is 14.9. The molecule has 0 aliphatic carbocycles. The molecule has 0 aliphatic rings. The first-order chi connectivity index (χ1) is 10.8. The van der Waals surface area contributed by atoms with Crippen LogP contribution in [0.5, 0.6) is 5.75 Å². The molecule has 1 amide bonds. The third-order valence-corrected chi connectivity index (χ3v) is 2.57. The summed E-state index contributed by atoms with van der Waals surface area (Å²) in [4.78, 5) is 21.8. The van der Waals surface area contributed by atoms with Gasteiger partial charge >= 0.3 is 12.1 Å². The number of benzene rings is 1. The number of rotatable bonds is 8. The number of carbonyl (C=O) groups excluding carboxylic acids is 1. The topological polar surface area (TPSA) is 96.9 Å². The maximum atomic E-state index is 11.4. The quantitative estimate of drug-likeness (QED) is 0.615. The molecule has 0 unspecified atom stereocenters. The van der Waals surface area contributed by atoms with Crippen LogP contribution in [0, 0.1) is 0 Å². The first-order valence-electron chi connectivity index (χ1n) is 7.37. The normalized spacial score (nSPS) is 10.5. The van der Waals surface area contributed by atoms with Crippen molar-refractivity contribution in [2.45, 2.75) is 32.9 Å². The Morgan fingerprint density at radius 2 is 1.79 bits per heavy atom. The van der Waals surface area contributed by atoms with E-state index >= 15 is 0 Å². The van der Waals surface area contributed by atoms with Crippen LogP contribution in [0.2, 0.25) is 0 Å². The van der Waals surface area contributed by atoms with Crippen LogP contribution in [0.15, 0.2) is 24.3 Å². The molecule has 0 aromatic heterocycles. The van der Waals surface area contributed by atoms with Gasteiger partial charge in [-0.1, -0.05) is 12.1 Å². The number of ether oxygens (including phenoxy) is 2. The standard InChI is InChI=1S/C16H24N2O5.ClH/c1-16(2,3)23-15(21)18-8-9-22-13-6-4-12(5-7-13)10-17-11-14(19)20;/h4-7,17H,8-11H2,1-3H3,(H,18,21)(H,19,20);1H. The van der Waals surface area contributed by atoms with Crippen LogP contribution in [-0.4, -0.2) is 42.5 Å². The molecule has 0 spiro atoms. The van der Waals surface area contributed by atoms with E-state index in [1.807, 2.05) is 12.1 Å². The average Bonchev–Trinajstić information content (AvgIpc) is 2.43. The highest BCUT2D eigenvalue weighted by atomic mass is 35.5. The lowest BCUT2D eigenvalue weighted by Gasteiger charge is -2.19. The molecule has 3 N–H and O–H groups in total. The largest absolute Gasteiger partial charge is 0.492 e. The van der Waals surface area contributed by atoms with E-state index in [0.717, 1.165) is 5.56 Å². The van der Waals surface area contributed by atoms with Gasteiger partial charge in [0.2, 0.25) is 0 Å². The summed E-state index contributed by atoms with van der Waals surface area (Å²) in [7, 11) is 0. The van der Waals surface area contributed by atoms with E-state index in [2.05, 4.69) is 10.6 Å². The predicted molar refractivity (Wildman–Crippen MR) is 92.8 cm³/mol. The van der Waals surface area contributed by atoms with Gasteiger partial charge < -0.3 is 25.2 Å². The number of carboxylic acids is 1. The predicted octanol–water partition coefficient (Wildman–Crippen LogP) is 2.19. The summed E-state index contributed by atoms with van der Waals surface area (Å²) in [5, 5.41) is 13.9. The van der Waals surface area contributed by atoms with E-state index in [-0.39, 0.29) is 19.0 Å². The molecule has 0 saturated carbocycles. The van der Waals surface area contributed by atoms with Gasteiger partial charge in [-0.05, 0) is 38.5 Å². The lowest BCUT2D eigenvalue weighted by molar-refractivity contribution is -0.136. The molecule has 1 aromatic rings. The van der Waals surface area contributed by atoms with E-state index in [1.165, 1.54) is 0 Å². The van der Waals surface area contributed by atoms with Crippen molar-refractivity contribution < 1.29 is 24.2 Å². The van der Waals surface area contributed by atoms with Crippen molar-refractivity contribution in [2.24, 2.45) is 0 Å². The lowest BCUT2D eigenvalue weighted by atomic mass is 10.2. The SMILES string of the molecule is CC(C)(C)OC(=O)NCCOc1ccc(CNCC(=O)O)cc1.Cl. The molecule has 0 bridgehead atoms. The van der Waals surface area contributed by atoms with Crippen molar-refractivity contribution in [3.8, 4) is 5.75 Å². The number of carboxylic acid groups (broad SMARTS) is 1. The Kier molecular flexibility index (Phi) is 9.83. The van der Waals surface area contributed by atoms with Crippen molar-refractivity contribution in [3.05, 3.63) is 29.8 Å². The van der Waals surface area contributed by atoms with E-state index in [9.17, 15) is 9.59 Å².